The predicted molar refractivity (Wildman–Crippen MR) is 94.5 cm³/mol. The topological polar surface area (TPSA) is 72.1 Å². The Morgan fingerprint density at radius 2 is 1.79 bits per heavy atom. The summed E-state index contributed by atoms with van der Waals surface area (Å²) in [6, 6.07) is 18.1. The second kappa shape index (κ2) is 5.92. The van der Waals surface area contributed by atoms with Crippen LogP contribution < -0.4 is 10.6 Å². The molecule has 5 heteroatoms. The van der Waals surface area contributed by atoms with Crippen LogP contribution in [0.15, 0.2) is 54.6 Å². The van der Waals surface area contributed by atoms with E-state index in [1.54, 1.807) is 0 Å². The number of primary amides is 1. The molecule has 120 valence electrons. The summed E-state index contributed by atoms with van der Waals surface area (Å²) in [5.41, 5.74) is 8.32. The van der Waals surface area contributed by atoms with Crippen molar-refractivity contribution in [1.82, 2.24) is 9.97 Å². The standard InChI is InChI=1S/C19H18N4O/c20-18(24)14-10-11-23(12-14)19-21-16-9-5-4-8-15(16)17(22-19)13-6-2-1-3-7-13/h1-9,14H,10-12H2,(H2,20,24)/t14-/m1/s1. The lowest BCUT2D eigenvalue weighted by atomic mass is 10.1. The molecule has 0 radical (unpaired) electrons. The third-order valence-electron chi connectivity index (χ3n) is 4.51. The number of fused-ring (bicyclic) bond motifs is 1. The monoisotopic (exact) mass is 318 g/mol. The van der Waals surface area contributed by atoms with Gasteiger partial charge < -0.3 is 10.6 Å². The third-order valence-corrected chi connectivity index (χ3v) is 4.51. The summed E-state index contributed by atoms with van der Waals surface area (Å²) in [5.74, 6) is 0.290. The summed E-state index contributed by atoms with van der Waals surface area (Å²) in [5, 5.41) is 1.03. The van der Waals surface area contributed by atoms with Crippen molar-refractivity contribution in [1.29, 1.82) is 0 Å². The van der Waals surface area contributed by atoms with Crippen LogP contribution in [0, 0.1) is 5.92 Å². The van der Waals surface area contributed by atoms with Gasteiger partial charge in [-0.05, 0) is 12.5 Å². The quantitative estimate of drug-likeness (QED) is 0.806. The van der Waals surface area contributed by atoms with Gasteiger partial charge in [-0.1, -0.05) is 48.5 Å². The van der Waals surface area contributed by atoms with E-state index in [1.807, 2.05) is 47.4 Å². The molecule has 3 aromatic rings. The summed E-state index contributed by atoms with van der Waals surface area (Å²) in [7, 11) is 0. The molecule has 1 aliphatic heterocycles. The average Bonchev–Trinajstić information content (AvgIpc) is 3.12. The van der Waals surface area contributed by atoms with E-state index >= 15 is 0 Å². The zero-order chi connectivity index (χ0) is 16.5. The number of rotatable bonds is 3. The van der Waals surface area contributed by atoms with Gasteiger partial charge in [-0.2, -0.15) is 0 Å². The Bertz CT molecular complexity index is 894. The summed E-state index contributed by atoms with van der Waals surface area (Å²) in [6.45, 7) is 1.34. The molecule has 2 aromatic carbocycles. The minimum absolute atomic E-state index is 0.125. The molecule has 1 saturated heterocycles. The molecular weight excluding hydrogens is 300 g/mol. The van der Waals surface area contributed by atoms with Gasteiger partial charge in [0.2, 0.25) is 11.9 Å². The third kappa shape index (κ3) is 2.58. The maximum atomic E-state index is 11.4. The van der Waals surface area contributed by atoms with E-state index in [4.69, 9.17) is 15.7 Å². The summed E-state index contributed by atoms with van der Waals surface area (Å²) < 4.78 is 0. The molecule has 4 rings (SSSR count). The molecule has 5 nitrogen and oxygen atoms in total. The largest absolute Gasteiger partial charge is 0.369 e. The van der Waals surface area contributed by atoms with Gasteiger partial charge in [-0.3, -0.25) is 4.79 Å². The molecule has 0 spiro atoms. The molecule has 0 saturated carbocycles. The smallest absolute Gasteiger partial charge is 0.226 e. The van der Waals surface area contributed by atoms with Gasteiger partial charge in [-0.25, -0.2) is 9.97 Å². The molecule has 24 heavy (non-hydrogen) atoms. The molecule has 1 fully saturated rings. The lowest BCUT2D eigenvalue weighted by Gasteiger charge is -2.18. The van der Waals surface area contributed by atoms with Crippen molar-refractivity contribution >= 4 is 22.8 Å². The Morgan fingerprint density at radius 3 is 2.54 bits per heavy atom. The zero-order valence-electron chi connectivity index (χ0n) is 13.2. The fourth-order valence-corrected chi connectivity index (χ4v) is 3.20. The molecule has 0 bridgehead atoms. The Balaban J connectivity index is 1.82. The maximum Gasteiger partial charge on any atom is 0.226 e. The fraction of sp³-hybridized carbons (Fsp3) is 0.211. The lowest BCUT2D eigenvalue weighted by molar-refractivity contribution is -0.121. The van der Waals surface area contributed by atoms with Crippen molar-refractivity contribution < 1.29 is 4.79 Å². The van der Waals surface area contributed by atoms with Crippen molar-refractivity contribution in [2.24, 2.45) is 11.7 Å². The lowest BCUT2D eigenvalue weighted by Crippen LogP contribution is -2.28. The molecule has 1 aliphatic rings. The number of aromatic nitrogens is 2. The maximum absolute atomic E-state index is 11.4. The number of carbonyl (C=O) groups is 1. The van der Waals surface area contributed by atoms with Crippen LogP contribution in [0.2, 0.25) is 0 Å². The SMILES string of the molecule is NC(=O)[C@@H]1CCN(c2nc(-c3ccccc3)c3ccccc3n2)C1. The molecule has 2 heterocycles. The van der Waals surface area contributed by atoms with Gasteiger partial charge in [0.05, 0.1) is 17.1 Å². The van der Waals surface area contributed by atoms with Crippen LogP contribution in [-0.4, -0.2) is 29.0 Å². The minimum Gasteiger partial charge on any atom is -0.369 e. The predicted octanol–water partition coefficient (Wildman–Crippen LogP) is 2.61. The Morgan fingerprint density at radius 1 is 1.04 bits per heavy atom. The van der Waals surface area contributed by atoms with E-state index in [0.29, 0.717) is 12.5 Å². The molecule has 0 aliphatic carbocycles. The van der Waals surface area contributed by atoms with Gasteiger partial charge >= 0.3 is 0 Å². The Kier molecular flexibility index (Phi) is 3.61. The van der Waals surface area contributed by atoms with E-state index < -0.39 is 0 Å². The van der Waals surface area contributed by atoms with Crippen LogP contribution in [0.1, 0.15) is 6.42 Å². The second-order valence-electron chi connectivity index (χ2n) is 6.09. The fourth-order valence-electron chi connectivity index (χ4n) is 3.20. The van der Waals surface area contributed by atoms with Gasteiger partial charge in [0, 0.05) is 24.0 Å². The van der Waals surface area contributed by atoms with Crippen LogP contribution in [0.5, 0.6) is 0 Å². The van der Waals surface area contributed by atoms with Crippen LogP contribution >= 0.6 is 0 Å². The van der Waals surface area contributed by atoms with Crippen molar-refractivity contribution in [2.75, 3.05) is 18.0 Å². The number of anilines is 1. The number of amides is 1. The zero-order valence-corrected chi connectivity index (χ0v) is 13.2. The van der Waals surface area contributed by atoms with Gasteiger partial charge in [-0.15, -0.1) is 0 Å². The number of hydrogen-bond acceptors (Lipinski definition) is 4. The highest BCUT2D eigenvalue weighted by atomic mass is 16.1. The first-order chi connectivity index (χ1) is 11.7. The molecule has 1 aromatic heterocycles. The normalized spacial score (nSPS) is 17.3. The van der Waals surface area contributed by atoms with E-state index in [-0.39, 0.29) is 11.8 Å². The molecule has 0 unspecified atom stereocenters. The number of nitrogens with zero attached hydrogens (tertiary/aromatic N) is 3. The van der Waals surface area contributed by atoms with Crippen molar-refractivity contribution in [3.05, 3.63) is 54.6 Å². The van der Waals surface area contributed by atoms with Crippen LogP contribution in [0.25, 0.3) is 22.2 Å². The van der Waals surface area contributed by atoms with E-state index in [9.17, 15) is 4.79 Å². The molecule has 2 N–H and O–H groups in total. The van der Waals surface area contributed by atoms with Gasteiger partial charge in [0.25, 0.3) is 0 Å². The Labute approximate surface area is 140 Å². The summed E-state index contributed by atoms with van der Waals surface area (Å²) >= 11 is 0. The molecular formula is C19H18N4O. The molecule has 1 amide bonds. The number of benzene rings is 2. The highest BCUT2D eigenvalue weighted by Gasteiger charge is 2.28. The number of carbonyl (C=O) groups excluding carboxylic acids is 1. The number of para-hydroxylation sites is 1. The highest BCUT2D eigenvalue weighted by molar-refractivity contribution is 5.93. The summed E-state index contributed by atoms with van der Waals surface area (Å²) in [6.07, 6.45) is 0.756. The molecule has 1 atom stereocenters. The second-order valence-corrected chi connectivity index (χ2v) is 6.09. The minimum atomic E-state index is -0.249. The number of nitrogens with two attached hydrogens (primary N) is 1. The van der Waals surface area contributed by atoms with Crippen LogP contribution in [0.4, 0.5) is 5.95 Å². The Hall–Kier alpha value is -2.95. The van der Waals surface area contributed by atoms with Crippen LogP contribution in [0.3, 0.4) is 0 Å². The van der Waals surface area contributed by atoms with Crippen LogP contribution in [-0.2, 0) is 4.79 Å². The summed E-state index contributed by atoms with van der Waals surface area (Å²) in [4.78, 5) is 23.0. The van der Waals surface area contributed by atoms with E-state index in [0.717, 1.165) is 35.1 Å². The first-order valence-corrected chi connectivity index (χ1v) is 8.09. The highest BCUT2D eigenvalue weighted by Crippen LogP contribution is 2.29. The van der Waals surface area contributed by atoms with E-state index in [2.05, 4.69) is 12.1 Å². The van der Waals surface area contributed by atoms with Gasteiger partial charge in [0.15, 0.2) is 0 Å². The van der Waals surface area contributed by atoms with Crippen molar-refractivity contribution in [3.8, 4) is 11.3 Å². The first kappa shape index (κ1) is 14.6. The van der Waals surface area contributed by atoms with Crippen molar-refractivity contribution in [3.63, 3.8) is 0 Å². The van der Waals surface area contributed by atoms with E-state index in [1.165, 1.54) is 0 Å². The number of hydrogen-bond donors (Lipinski definition) is 1. The first-order valence-electron chi connectivity index (χ1n) is 8.09. The van der Waals surface area contributed by atoms with Crippen molar-refractivity contribution in [2.45, 2.75) is 6.42 Å². The average molecular weight is 318 g/mol. The van der Waals surface area contributed by atoms with Gasteiger partial charge in [0.1, 0.15) is 0 Å².